The van der Waals surface area contributed by atoms with Gasteiger partial charge in [-0.2, -0.15) is 4.47 Å². The molecule has 2 heterocycles. The zero-order valence-electron chi connectivity index (χ0n) is 17.3. The maximum atomic E-state index is 14.1. The van der Waals surface area contributed by atoms with Crippen LogP contribution >= 0.6 is 35.1 Å². The van der Waals surface area contributed by atoms with Gasteiger partial charge >= 0.3 is 11.7 Å². The summed E-state index contributed by atoms with van der Waals surface area (Å²) in [7, 11) is 1.53. The topological polar surface area (TPSA) is 131 Å². The Kier molecular flexibility index (Phi) is 6.79. The van der Waals surface area contributed by atoms with Gasteiger partial charge in [0.25, 0.3) is 5.56 Å². The summed E-state index contributed by atoms with van der Waals surface area (Å²) in [6.45, 7) is 0. The van der Waals surface area contributed by atoms with Crippen LogP contribution in [0.4, 0.5) is 25.6 Å². The van der Waals surface area contributed by atoms with Gasteiger partial charge in [-0.3, -0.25) is 14.7 Å². The van der Waals surface area contributed by atoms with Crippen LogP contribution in [0, 0.1) is 5.82 Å². The van der Waals surface area contributed by atoms with Gasteiger partial charge in [-0.15, -0.1) is 11.3 Å². The Labute approximate surface area is 204 Å². The molecule has 0 saturated heterocycles. The van der Waals surface area contributed by atoms with Crippen LogP contribution in [0.5, 0.6) is 0 Å². The molecule has 0 saturated carbocycles. The molecule has 2 aromatic carbocycles. The summed E-state index contributed by atoms with van der Waals surface area (Å²) in [5.74, 6) is -0.627. The highest BCUT2D eigenvalue weighted by Crippen LogP contribution is 2.31. The number of halogens is 2. The first kappa shape index (κ1) is 23.6. The molecule has 14 heteroatoms. The van der Waals surface area contributed by atoms with Crippen LogP contribution in [0.15, 0.2) is 58.1 Å². The fourth-order valence-corrected chi connectivity index (χ4v) is 4.50. The van der Waals surface area contributed by atoms with Crippen LogP contribution in [0.25, 0.3) is 16.6 Å². The van der Waals surface area contributed by atoms with Crippen LogP contribution in [0.2, 0.25) is 4.34 Å². The van der Waals surface area contributed by atoms with Gasteiger partial charge in [0.2, 0.25) is 0 Å². The van der Waals surface area contributed by atoms with Crippen molar-refractivity contribution in [3.8, 4) is 5.69 Å². The van der Waals surface area contributed by atoms with E-state index in [1.807, 2.05) is 0 Å². The second kappa shape index (κ2) is 9.77. The number of fused-ring (bicyclic) bond motifs is 1. The Balaban J connectivity index is 1.49. The van der Waals surface area contributed by atoms with E-state index in [0.717, 1.165) is 26.4 Å². The number of carbonyl (C=O) groups is 1. The number of anilines is 3. The number of hydrogen-bond donors (Lipinski definition) is 5. The second-order valence-electron chi connectivity index (χ2n) is 6.74. The van der Waals surface area contributed by atoms with E-state index >= 15 is 0 Å². The lowest BCUT2D eigenvalue weighted by molar-refractivity contribution is 0.256. The number of rotatable bonds is 6. The van der Waals surface area contributed by atoms with Gasteiger partial charge in [0.1, 0.15) is 10.8 Å². The third-order valence-electron chi connectivity index (χ3n) is 4.61. The first-order valence-electron chi connectivity index (χ1n) is 9.52. The number of H-pyrrole nitrogens is 1. The van der Waals surface area contributed by atoms with Crippen molar-refractivity contribution in [2.75, 3.05) is 22.1 Å². The summed E-state index contributed by atoms with van der Waals surface area (Å²) < 4.78 is 18.6. The summed E-state index contributed by atoms with van der Waals surface area (Å²) in [5, 5.41) is 15.5. The number of amides is 2. The molecule has 176 valence electrons. The number of urea groups is 1. The van der Waals surface area contributed by atoms with E-state index in [1.165, 1.54) is 37.4 Å². The fraction of sp³-hybridized carbons (Fsp3) is 0.0500. The normalized spacial score (nSPS) is 10.8. The molecular weight excluding hydrogens is 507 g/mol. The number of thiophene rings is 1. The number of hydrogen-bond acceptors (Lipinski definition) is 8. The van der Waals surface area contributed by atoms with Crippen LogP contribution < -0.4 is 31.1 Å². The molecule has 4 rings (SSSR count). The maximum absolute atomic E-state index is 14.1. The molecule has 10 nitrogen and oxygen atoms in total. The molecule has 2 amide bonds. The predicted octanol–water partition coefficient (Wildman–Crippen LogP) is 4.16. The Hall–Kier alpha value is -3.52. The molecule has 0 unspecified atom stereocenters. The highest BCUT2D eigenvalue weighted by Gasteiger charge is 2.14. The summed E-state index contributed by atoms with van der Waals surface area (Å²) in [6.07, 6.45) is 0. The molecule has 34 heavy (non-hydrogen) atoms. The largest absolute Gasteiger partial charge is 0.386 e. The van der Waals surface area contributed by atoms with Crippen molar-refractivity contribution in [3.63, 3.8) is 0 Å². The lowest BCUT2D eigenvalue weighted by Crippen LogP contribution is -2.33. The van der Waals surface area contributed by atoms with Crippen molar-refractivity contribution in [2.24, 2.45) is 0 Å². The van der Waals surface area contributed by atoms with Gasteiger partial charge in [0, 0.05) is 12.7 Å². The van der Waals surface area contributed by atoms with E-state index in [-0.39, 0.29) is 22.3 Å². The van der Waals surface area contributed by atoms with Crippen molar-refractivity contribution < 1.29 is 14.4 Å². The average Bonchev–Trinajstić information content (AvgIpc) is 3.25. The van der Waals surface area contributed by atoms with Crippen molar-refractivity contribution in [3.05, 3.63) is 79.5 Å². The fourth-order valence-electron chi connectivity index (χ4n) is 3.05. The lowest BCUT2D eigenvalue weighted by Gasteiger charge is -2.13. The molecule has 0 aliphatic rings. The number of carbonyl (C=O) groups excluding carboxylic acids is 1. The third kappa shape index (κ3) is 4.87. The summed E-state index contributed by atoms with van der Waals surface area (Å²) in [4.78, 5) is 40.1. The molecule has 0 aliphatic carbocycles. The minimum absolute atomic E-state index is 0.00953. The van der Waals surface area contributed by atoms with Crippen LogP contribution in [-0.2, 0) is 0 Å². The minimum atomic E-state index is -0.697. The molecular formula is C20H16ClFN6O4S2. The average molecular weight is 523 g/mol. The lowest BCUT2D eigenvalue weighted by atomic mass is 10.2. The Morgan fingerprint density at radius 1 is 1.21 bits per heavy atom. The number of aromatic nitrogens is 2. The molecule has 2 aromatic heterocycles. The highest BCUT2D eigenvalue weighted by molar-refractivity contribution is 7.99. The second-order valence-corrected chi connectivity index (χ2v) is 9.17. The zero-order valence-corrected chi connectivity index (χ0v) is 19.6. The quantitative estimate of drug-likeness (QED) is 0.190. The van der Waals surface area contributed by atoms with Crippen molar-refractivity contribution in [1.29, 1.82) is 0 Å². The van der Waals surface area contributed by atoms with E-state index < -0.39 is 23.1 Å². The van der Waals surface area contributed by atoms with Gasteiger partial charge in [0.05, 0.1) is 38.7 Å². The van der Waals surface area contributed by atoms with Gasteiger partial charge in [-0.05, 0) is 48.5 Å². The smallest absolute Gasteiger partial charge is 0.333 e. The number of nitrogens with one attached hydrogen (secondary N) is 4. The first-order valence-corrected chi connectivity index (χ1v) is 11.5. The molecule has 0 radical (unpaired) electrons. The van der Waals surface area contributed by atoms with Gasteiger partial charge < -0.3 is 15.6 Å². The van der Waals surface area contributed by atoms with Gasteiger partial charge in [0.15, 0.2) is 0 Å². The van der Waals surface area contributed by atoms with E-state index in [0.29, 0.717) is 27.2 Å². The van der Waals surface area contributed by atoms with Crippen LogP contribution in [0.3, 0.4) is 0 Å². The Morgan fingerprint density at radius 3 is 2.59 bits per heavy atom. The van der Waals surface area contributed by atoms with Crippen molar-refractivity contribution in [2.45, 2.75) is 0 Å². The van der Waals surface area contributed by atoms with Gasteiger partial charge in [-0.1, -0.05) is 11.6 Å². The van der Waals surface area contributed by atoms with E-state index in [1.54, 1.807) is 12.1 Å². The monoisotopic (exact) mass is 522 g/mol. The maximum Gasteiger partial charge on any atom is 0.333 e. The number of benzene rings is 2. The van der Waals surface area contributed by atoms with Crippen molar-refractivity contribution in [1.82, 2.24) is 14.3 Å². The number of aromatic amines is 1. The van der Waals surface area contributed by atoms with Gasteiger partial charge in [-0.25, -0.2) is 18.5 Å². The Bertz CT molecular complexity index is 1490. The number of nitrogens with zero attached hydrogens (tertiary/aromatic N) is 2. The molecule has 5 N–H and O–H groups in total. The van der Waals surface area contributed by atoms with Crippen molar-refractivity contribution >= 4 is 68.4 Å². The molecule has 0 aliphatic heterocycles. The van der Waals surface area contributed by atoms with E-state index in [2.05, 4.69) is 20.3 Å². The standard InChI is InChI=1S/C20H16ClFN6O4S2/c1-23-15-9-14-12(8-13(15)22)18(29)27(20(31)25-14)11-4-2-10(3-5-11)24-19(30)26-34-28(32)17-7-6-16(21)33-17/h2-9,23,32H,1H3,(H,25,31)(H2,24,26,30). The summed E-state index contributed by atoms with van der Waals surface area (Å²) in [5.41, 5.74) is -0.448. The zero-order chi connectivity index (χ0) is 24.4. The van der Waals surface area contributed by atoms with Crippen LogP contribution in [-0.4, -0.2) is 27.8 Å². The predicted molar refractivity (Wildman–Crippen MR) is 133 cm³/mol. The molecule has 0 spiro atoms. The molecule has 0 fully saturated rings. The summed E-state index contributed by atoms with van der Waals surface area (Å²) in [6, 6.07) is 10.8. The summed E-state index contributed by atoms with van der Waals surface area (Å²) >= 11 is 7.57. The molecule has 0 bridgehead atoms. The SMILES string of the molecule is CNc1cc2[nH]c(=O)n(-c3ccc(NC(=O)NSN(O)c4ccc(Cl)s4)cc3)c(=O)c2cc1F. The Morgan fingerprint density at radius 2 is 1.94 bits per heavy atom. The minimum Gasteiger partial charge on any atom is -0.386 e. The first-order chi connectivity index (χ1) is 16.3. The molecule has 0 atom stereocenters. The van der Waals surface area contributed by atoms with E-state index in [9.17, 15) is 24.0 Å². The molecule has 4 aromatic rings. The van der Waals surface area contributed by atoms with E-state index in [4.69, 9.17) is 11.6 Å². The third-order valence-corrected chi connectivity index (χ3v) is 6.58. The highest BCUT2D eigenvalue weighted by atomic mass is 35.5. The van der Waals surface area contributed by atoms with Crippen LogP contribution in [0.1, 0.15) is 0 Å².